The number of nitrogens with zero attached hydrogens (tertiary/aromatic N) is 3. The zero-order valence-electron chi connectivity index (χ0n) is 11.3. The van der Waals surface area contributed by atoms with Gasteiger partial charge in [-0.25, -0.2) is 0 Å². The maximum atomic E-state index is 5.90. The standard InChI is InChI=1S/C15H16N4/c1-9-4-5-12(6-10(9)2)19-17-14-7-11(3)13(16)8-15(14)18-19/h4-8H,16H2,1-3H3. The van der Waals surface area contributed by atoms with E-state index < -0.39 is 0 Å². The topological polar surface area (TPSA) is 56.7 Å². The van der Waals surface area contributed by atoms with Gasteiger partial charge in [0.15, 0.2) is 0 Å². The molecule has 0 amide bonds. The van der Waals surface area contributed by atoms with E-state index in [1.54, 1.807) is 4.80 Å². The van der Waals surface area contributed by atoms with Gasteiger partial charge in [-0.1, -0.05) is 6.07 Å². The summed E-state index contributed by atoms with van der Waals surface area (Å²) in [5.41, 5.74) is 12.8. The van der Waals surface area contributed by atoms with Crippen molar-refractivity contribution in [3.63, 3.8) is 0 Å². The molecule has 3 aromatic rings. The Morgan fingerprint density at radius 3 is 2.21 bits per heavy atom. The molecule has 1 heterocycles. The number of anilines is 1. The highest BCUT2D eigenvalue weighted by molar-refractivity contribution is 5.79. The molecular formula is C15H16N4. The van der Waals surface area contributed by atoms with Gasteiger partial charge in [-0.2, -0.15) is 4.80 Å². The van der Waals surface area contributed by atoms with Crippen LogP contribution in [0.1, 0.15) is 16.7 Å². The minimum Gasteiger partial charge on any atom is -0.398 e. The molecule has 0 bridgehead atoms. The fourth-order valence-electron chi connectivity index (χ4n) is 2.05. The minimum absolute atomic E-state index is 0.750. The van der Waals surface area contributed by atoms with E-state index in [1.165, 1.54) is 11.1 Å². The summed E-state index contributed by atoms with van der Waals surface area (Å²) < 4.78 is 0. The van der Waals surface area contributed by atoms with Crippen LogP contribution < -0.4 is 5.73 Å². The predicted molar refractivity (Wildman–Crippen MR) is 77.5 cm³/mol. The number of hydrogen-bond donors (Lipinski definition) is 1. The van der Waals surface area contributed by atoms with E-state index in [1.807, 2.05) is 25.1 Å². The summed E-state index contributed by atoms with van der Waals surface area (Å²) in [6.07, 6.45) is 0. The summed E-state index contributed by atoms with van der Waals surface area (Å²) in [5.74, 6) is 0. The lowest BCUT2D eigenvalue weighted by Gasteiger charge is -2.03. The molecule has 0 saturated heterocycles. The first-order valence-electron chi connectivity index (χ1n) is 6.25. The molecule has 0 spiro atoms. The SMILES string of the molecule is Cc1ccc(-n2nc3cc(C)c(N)cc3n2)cc1C. The van der Waals surface area contributed by atoms with Gasteiger partial charge in [0.05, 0.1) is 5.69 Å². The van der Waals surface area contributed by atoms with Crippen LogP contribution in [0.3, 0.4) is 0 Å². The number of benzene rings is 2. The van der Waals surface area contributed by atoms with E-state index in [0.29, 0.717) is 0 Å². The Hall–Kier alpha value is -2.36. The maximum Gasteiger partial charge on any atom is 0.115 e. The van der Waals surface area contributed by atoms with Crippen molar-refractivity contribution < 1.29 is 0 Å². The van der Waals surface area contributed by atoms with Crippen molar-refractivity contribution in [2.75, 3.05) is 5.73 Å². The molecule has 4 heteroatoms. The van der Waals surface area contributed by atoms with Crippen molar-refractivity contribution in [1.29, 1.82) is 0 Å². The van der Waals surface area contributed by atoms with E-state index in [9.17, 15) is 0 Å². The number of aromatic nitrogens is 3. The van der Waals surface area contributed by atoms with E-state index in [2.05, 4.69) is 36.2 Å². The summed E-state index contributed by atoms with van der Waals surface area (Å²) in [7, 11) is 0. The molecule has 0 fully saturated rings. The van der Waals surface area contributed by atoms with E-state index in [0.717, 1.165) is 28.0 Å². The maximum absolute atomic E-state index is 5.90. The van der Waals surface area contributed by atoms with Crippen molar-refractivity contribution in [3.05, 3.63) is 47.0 Å². The lowest BCUT2D eigenvalue weighted by molar-refractivity contribution is 0.764. The normalized spacial score (nSPS) is 11.1. The second kappa shape index (κ2) is 4.09. The van der Waals surface area contributed by atoms with Crippen molar-refractivity contribution in [3.8, 4) is 5.69 Å². The Bertz CT molecular complexity index is 732. The fraction of sp³-hybridized carbons (Fsp3) is 0.200. The fourth-order valence-corrected chi connectivity index (χ4v) is 2.05. The lowest BCUT2D eigenvalue weighted by Crippen LogP contribution is -1.99. The molecule has 96 valence electrons. The number of hydrogen-bond acceptors (Lipinski definition) is 3. The van der Waals surface area contributed by atoms with Crippen LogP contribution in [0.2, 0.25) is 0 Å². The smallest absolute Gasteiger partial charge is 0.115 e. The van der Waals surface area contributed by atoms with Crippen LogP contribution in [0.25, 0.3) is 16.7 Å². The van der Waals surface area contributed by atoms with E-state index in [4.69, 9.17) is 5.73 Å². The Morgan fingerprint density at radius 1 is 0.842 bits per heavy atom. The van der Waals surface area contributed by atoms with Gasteiger partial charge in [0.25, 0.3) is 0 Å². The molecule has 0 atom stereocenters. The van der Waals surface area contributed by atoms with Gasteiger partial charge in [0.2, 0.25) is 0 Å². The first-order chi connectivity index (χ1) is 9.04. The minimum atomic E-state index is 0.750. The first-order valence-corrected chi connectivity index (χ1v) is 6.25. The van der Waals surface area contributed by atoms with Gasteiger partial charge in [-0.15, -0.1) is 10.2 Å². The Kier molecular flexibility index (Phi) is 2.52. The Morgan fingerprint density at radius 2 is 1.53 bits per heavy atom. The number of nitrogen functional groups attached to an aromatic ring is 1. The third kappa shape index (κ3) is 1.95. The van der Waals surface area contributed by atoms with Gasteiger partial charge >= 0.3 is 0 Å². The van der Waals surface area contributed by atoms with Crippen LogP contribution in [0.4, 0.5) is 5.69 Å². The van der Waals surface area contributed by atoms with Gasteiger partial charge < -0.3 is 5.73 Å². The highest BCUT2D eigenvalue weighted by Crippen LogP contribution is 2.20. The van der Waals surface area contributed by atoms with Crippen LogP contribution in [-0.2, 0) is 0 Å². The molecule has 0 radical (unpaired) electrons. The third-order valence-corrected chi connectivity index (χ3v) is 3.49. The summed E-state index contributed by atoms with van der Waals surface area (Å²) in [5, 5.41) is 8.99. The summed E-state index contributed by atoms with van der Waals surface area (Å²) >= 11 is 0. The molecule has 3 rings (SSSR count). The molecule has 4 nitrogen and oxygen atoms in total. The molecule has 19 heavy (non-hydrogen) atoms. The van der Waals surface area contributed by atoms with Gasteiger partial charge in [0, 0.05) is 5.69 Å². The van der Waals surface area contributed by atoms with Crippen LogP contribution in [0.5, 0.6) is 0 Å². The predicted octanol–water partition coefficient (Wildman–Crippen LogP) is 2.93. The molecule has 2 aromatic carbocycles. The van der Waals surface area contributed by atoms with Crippen molar-refractivity contribution >= 4 is 16.7 Å². The number of aryl methyl sites for hydroxylation is 3. The molecule has 0 saturated carbocycles. The van der Waals surface area contributed by atoms with Crippen LogP contribution >= 0.6 is 0 Å². The van der Waals surface area contributed by atoms with Crippen LogP contribution in [0, 0.1) is 20.8 Å². The average Bonchev–Trinajstić information content (AvgIpc) is 2.76. The second-order valence-corrected chi connectivity index (χ2v) is 4.96. The highest BCUT2D eigenvalue weighted by atomic mass is 15.5. The van der Waals surface area contributed by atoms with Crippen LogP contribution in [-0.4, -0.2) is 15.0 Å². The van der Waals surface area contributed by atoms with Gasteiger partial charge in [-0.3, -0.25) is 0 Å². The molecule has 0 aliphatic carbocycles. The van der Waals surface area contributed by atoms with Crippen LogP contribution in [0.15, 0.2) is 30.3 Å². The number of fused-ring (bicyclic) bond motifs is 1. The summed E-state index contributed by atoms with van der Waals surface area (Å²) in [6, 6.07) is 10.0. The number of nitrogens with two attached hydrogens (primary N) is 1. The highest BCUT2D eigenvalue weighted by Gasteiger charge is 2.07. The van der Waals surface area contributed by atoms with E-state index in [-0.39, 0.29) is 0 Å². The monoisotopic (exact) mass is 252 g/mol. The molecular weight excluding hydrogens is 236 g/mol. The lowest BCUT2D eigenvalue weighted by atomic mass is 10.1. The Balaban J connectivity index is 2.17. The van der Waals surface area contributed by atoms with Gasteiger partial charge in [-0.05, 0) is 61.7 Å². The average molecular weight is 252 g/mol. The zero-order valence-corrected chi connectivity index (χ0v) is 11.3. The molecule has 0 aliphatic heterocycles. The second-order valence-electron chi connectivity index (χ2n) is 4.96. The van der Waals surface area contributed by atoms with Crippen molar-refractivity contribution in [1.82, 2.24) is 15.0 Å². The first kappa shape index (κ1) is 11.7. The van der Waals surface area contributed by atoms with E-state index >= 15 is 0 Å². The molecule has 1 aromatic heterocycles. The Labute approximate surface area is 111 Å². The molecule has 0 unspecified atom stereocenters. The molecule has 2 N–H and O–H groups in total. The zero-order chi connectivity index (χ0) is 13.6. The van der Waals surface area contributed by atoms with Crippen molar-refractivity contribution in [2.45, 2.75) is 20.8 Å². The van der Waals surface area contributed by atoms with Gasteiger partial charge in [0.1, 0.15) is 11.0 Å². The molecule has 0 aliphatic rings. The largest absolute Gasteiger partial charge is 0.398 e. The summed E-state index contributed by atoms with van der Waals surface area (Å²) in [6.45, 7) is 6.16. The number of rotatable bonds is 1. The third-order valence-electron chi connectivity index (χ3n) is 3.49. The van der Waals surface area contributed by atoms with Crippen molar-refractivity contribution in [2.24, 2.45) is 0 Å². The summed E-state index contributed by atoms with van der Waals surface area (Å²) in [4.78, 5) is 1.66. The quantitative estimate of drug-likeness (QED) is 0.677.